The van der Waals surface area contributed by atoms with E-state index in [9.17, 15) is 14.3 Å². The molecule has 2 aliphatic heterocycles. The zero-order valence-electron chi connectivity index (χ0n) is 36.1. The first-order valence-corrected chi connectivity index (χ1v) is 23.1. The summed E-state index contributed by atoms with van der Waals surface area (Å²) in [6, 6.07) is 25.9. The summed E-state index contributed by atoms with van der Waals surface area (Å²) in [5.74, 6) is -0.909. The Morgan fingerprint density at radius 1 is 0.689 bits per heavy atom. The minimum Gasteiger partial charge on any atom is -0.480 e. The summed E-state index contributed by atoms with van der Waals surface area (Å²) in [6.45, 7) is 2.08. The lowest BCUT2D eigenvalue weighted by Gasteiger charge is -2.26. The molecule has 328 valence electrons. The molecule has 0 saturated carbocycles. The lowest BCUT2D eigenvalue weighted by molar-refractivity contribution is -0.143. The van der Waals surface area contributed by atoms with Crippen LogP contribution in [-0.2, 0) is 43.3 Å². The van der Waals surface area contributed by atoms with Crippen molar-refractivity contribution in [3.8, 4) is 0 Å². The van der Waals surface area contributed by atoms with Crippen molar-refractivity contribution in [1.82, 2.24) is 20.2 Å². The SMILES string of the molecule is FC1(CCCCCc2ccc3c(n2)CCCC3)CCNC1.O=C(O)C(c1ccccc1)N1CCC(F)(CCCCCc2ccc3c(n2)CCCC3)C1.OB(O)c1ccccc1. The normalized spacial score (nSPS) is 21.2. The number of nitrogens with one attached hydrogen (secondary N) is 1. The quantitative estimate of drug-likeness (QED) is 0.0657. The van der Waals surface area contributed by atoms with Crippen LogP contribution in [0.3, 0.4) is 0 Å². The summed E-state index contributed by atoms with van der Waals surface area (Å²) in [7, 11) is -1.34. The predicted molar refractivity (Wildman–Crippen MR) is 241 cm³/mol. The number of pyridine rings is 2. The van der Waals surface area contributed by atoms with E-state index < -0.39 is 30.5 Å². The molecule has 8 nitrogen and oxygen atoms in total. The number of aromatic nitrogens is 2. The van der Waals surface area contributed by atoms with E-state index >= 15 is 4.39 Å². The number of hydrogen-bond donors (Lipinski definition) is 4. The Kier molecular flexibility index (Phi) is 17.9. The van der Waals surface area contributed by atoms with Crippen molar-refractivity contribution in [2.24, 2.45) is 0 Å². The Morgan fingerprint density at radius 2 is 1.23 bits per heavy atom. The molecule has 2 aromatic heterocycles. The van der Waals surface area contributed by atoms with Crippen molar-refractivity contribution in [2.75, 3.05) is 26.2 Å². The van der Waals surface area contributed by atoms with Crippen LogP contribution in [0.15, 0.2) is 84.9 Å². The summed E-state index contributed by atoms with van der Waals surface area (Å²) in [6.07, 6.45) is 20.1. The van der Waals surface area contributed by atoms with Crippen LogP contribution < -0.4 is 10.8 Å². The van der Waals surface area contributed by atoms with Crippen molar-refractivity contribution in [1.29, 1.82) is 0 Å². The van der Waals surface area contributed by atoms with E-state index in [1.54, 1.807) is 29.2 Å². The third-order valence-corrected chi connectivity index (χ3v) is 12.9. The Hall–Kier alpha value is -4.03. The number of unbranched alkanes of at least 4 members (excludes halogenated alkanes) is 4. The fourth-order valence-corrected chi connectivity index (χ4v) is 9.37. The maximum Gasteiger partial charge on any atom is 0.488 e. The maximum absolute atomic E-state index is 15.4. The van der Waals surface area contributed by atoms with Gasteiger partial charge in [0.2, 0.25) is 0 Å². The molecule has 0 radical (unpaired) electrons. The molecule has 4 N–H and O–H groups in total. The number of aliphatic carboxylic acids is 1. The second-order valence-electron chi connectivity index (χ2n) is 17.7. The monoisotopic (exact) mass is 837 g/mol. The minimum absolute atomic E-state index is 0.200. The summed E-state index contributed by atoms with van der Waals surface area (Å²) >= 11 is 0. The number of fused-ring (bicyclic) bond motifs is 2. The van der Waals surface area contributed by atoms with E-state index in [0.29, 0.717) is 37.8 Å². The number of hydrogen-bond acceptors (Lipinski definition) is 7. The first kappa shape index (κ1) is 46.5. The smallest absolute Gasteiger partial charge is 0.480 e. The number of nitrogens with zero attached hydrogens (tertiary/aromatic N) is 3. The highest BCUT2D eigenvalue weighted by atomic mass is 19.1. The first-order valence-electron chi connectivity index (χ1n) is 23.1. The number of carboxylic acid groups (broad SMARTS) is 1. The Balaban J connectivity index is 0.000000177. The average Bonchev–Trinajstić information content (AvgIpc) is 3.89. The molecule has 11 heteroatoms. The van der Waals surface area contributed by atoms with E-state index in [4.69, 9.17) is 20.0 Å². The summed E-state index contributed by atoms with van der Waals surface area (Å²) in [5.41, 5.74) is 6.91. The van der Waals surface area contributed by atoms with Crippen LogP contribution in [0.4, 0.5) is 8.78 Å². The number of aryl methyl sites for hydroxylation is 6. The molecule has 61 heavy (non-hydrogen) atoms. The minimum atomic E-state index is -1.34. The predicted octanol–water partition coefficient (Wildman–Crippen LogP) is 8.43. The maximum atomic E-state index is 15.4. The van der Waals surface area contributed by atoms with Crippen LogP contribution in [-0.4, -0.2) is 80.6 Å². The van der Waals surface area contributed by atoms with E-state index in [-0.39, 0.29) is 6.54 Å². The van der Waals surface area contributed by atoms with Gasteiger partial charge >= 0.3 is 13.1 Å². The fourth-order valence-electron chi connectivity index (χ4n) is 9.37. The van der Waals surface area contributed by atoms with Gasteiger partial charge in [-0.25, -0.2) is 8.78 Å². The third kappa shape index (κ3) is 14.5. The van der Waals surface area contributed by atoms with Crippen LogP contribution in [0.1, 0.15) is 135 Å². The van der Waals surface area contributed by atoms with Gasteiger partial charge in [-0.3, -0.25) is 19.7 Å². The van der Waals surface area contributed by atoms with Crippen molar-refractivity contribution in [3.05, 3.63) is 124 Å². The molecule has 4 aromatic rings. The van der Waals surface area contributed by atoms with Gasteiger partial charge in [0.1, 0.15) is 17.4 Å². The second kappa shape index (κ2) is 23.4. The van der Waals surface area contributed by atoms with Crippen molar-refractivity contribution in [2.45, 2.75) is 146 Å². The lowest BCUT2D eigenvalue weighted by Crippen LogP contribution is -2.35. The molecule has 2 aromatic carbocycles. The molecular weight excluding hydrogens is 769 g/mol. The van der Waals surface area contributed by atoms with Gasteiger partial charge in [-0.05, 0) is 144 Å². The molecule has 4 heterocycles. The van der Waals surface area contributed by atoms with Gasteiger partial charge < -0.3 is 20.5 Å². The topological polar surface area (TPSA) is 119 Å². The zero-order chi connectivity index (χ0) is 42.9. The van der Waals surface area contributed by atoms with Gasteiger partial charge in [0.25, 0.3) is 0 Å². The molecule has 3 atom stereocenters. The number of likely N-dealkylation sites (tertiary alicyclic amines) is 1. The summed E-state index contributed by atoms with van der Waals surface area (Å²) in [4.78, 5) is 23.3. The molecule has 2 saturated heterocycles. The largest absolute Gasteiger partial charge is 0.488 e. The highest BCUT2D eigenvalue weighted by Gasteiger charge is 2.42. The lowest BCUT2D eigenvalue weighted by atomic mass is 9.81. The van der Waals surface area contributed by atoms with E-state index in [2.05, 4.69) is 29.6 Å². The number of carbonyl (C=O) groups is 1. The van der Waals surface area contributed by atoms with E-state index in [1.807, 2.05) is 36.4 Å². The second-order valence-corrected chi connectivity index (χ2v) is 17.7. The molecule has 0 amide bonds. The third-order valence-electron chi connectivity index (χ3n) is 12.9. The summed E-state index contributed by atoms with van der Waals surface area (Å²) < 4.78 is 29.6. The molecule has 2 fully saturated rings. The molecule has 8 rings (SSSR count). The van der Waals surface area contributed by atoms with Crippen molar-refractivity contribution < 1.29 is 28.7 Å². The fraction of sp³-hybridized carbons (Fsp3) is 0.540. The Morgan fingerprint density at radius 3 is 1.74 bits per heavy atom. The summed E-state index contributed by atoms with van der Waals surface area (Å²) in [5, 5.41) is 30.0. The van der Waals surface area contributed by atoms with Gasteiger partial charge in [-0.2, -0.15) is 0 Å². The highest BCUT2D eigenvalue weighted by molar-refractivity contribution is 6.58. The zero-order valence-corrected chi connectivity index (χ0v) is 36.1. The number of halogens is 2. The van der Waals surface area contributed by atoms with Crippen LogP contribution in [0.25, 0.3) is 0 Å². The Bertz CT molecular complexity index is 1930. The van der Waals surface area contributed by atoms with Crippen LogP contribution in [0, 0.1) is 0 Å². The van der Waals surface area contributed by atoms with Crippen molar-refractivity contribution >= 4 is 18.6 Å². The molecule has 0 spiro atoms. The molecule has 0 bridgehead atoms. The van der Waals surface area contributed by atoms with E-state index in [1.165, 1.54) is 60.3 Å². The van der Waals surface area contributed by atoms with Gasteiger partial charge in [0.15, 0.2) is 0 Å². The van der Waals surface area contributed by atoms with Crippen molar-refractivity contribution in [3.63, 3.8) is 0 Å². The van der Waals surface area contributed by atoms with Crippen LogP contribution >= 0.6 is 0 Å². The van der Waals surface area contributed by atoms with Crippen LogP contribution in [0.2, 0.25) is 0 Å². The number of rotatable bonds is 16. The standard InChI is InChI=1S/C26H33FN2O2.C18H27FN2.C6H7BO2/c27-26(17-18-29(19-26)24(25(30)31)21-10-3-1-4-11-21)16-8-2-5-12-22-15-14-20-9-6-7-13-23(20)28-22;19-18(12-13-20-14-18)11-5-1-2-7-16-10-9-15-6-3-4-8-17(15)21-16;8-7(9)6-4-2-1-3-5-6/h1,3-4,10-11,14-15,24H,2,5-9,12-13,16-19H2,(H,30,31);9-10,20H,1-8,11-14H2;1-5,8-9H. The molecule has 3 unspecified atom stereocenters. The number of benzene rings is 2. The number of carboxylic acids is 1. The van der Waals surface area contributed by atoms with E-state index in [0.717, 1.165) is 94.9 Å². The van der Waals surface area contributed by atoms with Crippen LogP contribution in [0.5, 0.6) is 0 Å². The van der Waals surface area contributed by atoms with Gasteiger partial charge in [-0.15, -0.1) is 0 Å². The van der Waals surface area contributed by atoms with Gasteiger partial charge in [-0.1, -0.05) is 98.5 Å². The molecule has 2 aliphatic carbocycles. The first-order chi connectivity index (χ1) is 29.6. The average molecular weight is 837 g/mol. The Labute approximate surface area is 362 Å². The van der Waals surface area contributed by atoms with Gasteiger partial charge in [0.05, 0.1) is 0 Å². The number of alkyl halides is 2. The molecular formula is C50H67BF2N4O4. The van der Waals surface area contributed by atoms with Gasteiger partial charge in [0, 0.05) is 42.4 Å². The highest BCUT2D eigenvalue weighted by Crippen LogP contribution is 2.36. The molecule has 4 aliphatic rings.